The van der Waals surface area contributed by atoms with Gasteiger partial charge in [0.2, 0.25) is 0 Å². The fourth-order valence-corrected chi connectivity index (χ4v) is 13.3. The molecule has 18 heteroatoms. The second-order valence-electron chi connectivity index (χ2n) is 29.6. The number of ether oxygens (including phenoxy) is 3. The molecule has 0 aromatic rings. The van der Waals surface area contributed by atoms with Crippen LogP contribution in [0.4, 0.5) is 0 Å². The SMILES string of the molecule is CC/C=C\C/C=C\C/C=C\C/C=C\C/C=C\C/C=C\CCCCCCCCCCCCCCC(=O)OCC(O)COP(=O)(O)OCC(O)COP(=O)(O)OCC(COC(=O)CCCCCCCCCCCCC/C=C\C/C=C\C/C=C\C/C=C\C/C=C\CC)OC(=O)CCCCCC/C=C\C/C=C\C/C=C\C/C=C\C/C=C\C/C=C\CC. The summed E-state index contributed by atoms with van der Waals surface area (Å²) in [7, 11) is -9.83. The van der Waals surface area contributed by atoms with Crippen molar-refractivity contribution < 1.29 is 75.8 Å². The minimum absolute atomic E-state index is 0.0668. The van der Waals surface area contributed by atoms with E-state index in [1.807, 2.05) is 0 Å². The lowest BCUT2D eigenvalue weighted by molar-refractivity contribution is -0.161. The van der Waals surface area contributed by atoms with Crippen LogP contribution in [0.2, 0.25) is 0 Å². The number of rotatable bonds is 84. The van der Waals surface area contributed by atoms with E-state index < -0.39 is 91.5 Å². The maximum absolute atomic E-state index is 13.1. The van der Waals surface area contributed by atoms with Crippen LogP contribution >= 0.6 is 15.6 Å². The van der Waals surface area contributed by atoms with Crippen LogP contribution in [0.1, 0.15) is 342 Å². The van der Waals surface area contributed by atoms with Gasteiger partial charge < -0.3 is 34.2 Å². The normalized spacial score (nSPS) is 14.8. The van der Waals surface area contributed by atoms with E-state index in [0.29, 0.717) is 19.3 Å². The lowest BCUT2D eigenvalue weighted by Gasteiger charge is -2.21. The Kier molecular flexibility index (Phi) is 84.9. The van der Waals surface area contributed by atoms with E-state index in [2.05, 4.69) is 227 Å². The van der Waals surface area contributed by atoms with Gasteiger partial charge in [-0.1, -0.05) is 362 Å². The molecule has 0 rings (SSSR count). The maximum atomic E-state index is 13.1. The molecule has 0 aliphatic rings. The van der Waals surface area contributed by atoms with E-state index in [1.165, 1.54) is 89.9 Å². The van der Waals surface area contributed by atoms with Crippen LogP contribution in [0.3, 0.4) is 0 Å². The van der Waals surface area contributed by atoms with Gasteiger partial charge in [-0.25, -0.2) is 9.13 Å². The summed E-state index contributed by atoms with van der Waals surface area (Å²) in [5.74, 6) is -1.61. The Hall–Kier alpha value is -5.87. The van der Waals surface area contributed by atoms with Crippen LogP contribution in [0.15, 0.2) is 207 Å². The molecule has 0 saturated heterocycles. The molecule has 0 aliphatic carbocycles. The third-order valence-corrected chi connectivity index (χ3v) is 20.4. The van der Waals surface area contributed by atoms with E-state index >= 15 is 0 Å². The van der Waals surface area contributed by atoms with Gasteiger partial charge in [-0.3, -0.25) is 32.5 Å². The summed E-state index contributed by atoms with van der Waals surface area (Å²) in [4.78, 5) is 59.0. The van der Waals surface area contributed by atoms with E-state index in [1.54, 1.807) is 0 Å². The molecule has 0 bridgehead atoms. The van der Waals surface area contributed by atoms with Crippen molar-refractivity contribution in [2.75, 3.05) is 39.6 Å². The zero-order valence-electron chi connectivity index (χ0n) is 73.0. The summed E-state index contributed by atoms with van der Waals surface area (Å²) in [6.45, 7) is 2.32. The van der Waals surface area contributed by atoms with Crippen LogP contribution < -0.4 is 0 Å². The third kappa shape index (κ3) is 90.7. The van der Waals surface area contributed by atoms with Crippen molar-refractivity contribution in [3.8, 4) is 0 Å². The molecular formula is C99H162O16P2. The van der Waals surface area contributed by atoms with Crippen molar-refractivity contribution in [1.29, 1.82) is 0 Å². The first kappa shape index (κ1) is 111. The summed E-state index contributed by atoms with van der Waals surface area (Å²) in [5.41, 5.74) is 0. The summed E-state index contributed by atoms with van der Waals surface area (Å²) < 4.78 is 61.4. The van der Waals surface area contributed by atoms with Crippen LogP contribution in [-0.2, 0) is 55.8 Å². The lowest BCUT2D eigenvalue weighted by atomic mass is 10.0. The van der Waals surface area contributed by atoms with Gasteiger partial charge in [0.05, 0.1) is 26.4 Å². The fourth-order valence-electron chi connectivity index (χ4n) is 11.7. The number of phosphoric ester groups is 2. The zero-order chi connectivity index (χ0) is 85.1. The number of unbranched alkanes of at least 4 members (excludes halogenated alkanes) is 27. The van der Waals surface area contributed by atoms with Crippen LogP contribution in [0.5, 0.6) is 0 Å². The summed E-state index contributed by atoms with van der Waals surface area (Å²) in [5, 5.41) is 20.7. The molecular weight excluding hydrogens is 1510 g/mol. The van der Waals surface area contributed by atoms with Gasteiger partial charge in [0.25, 0.3) is 0 Å². The van der Waals surface area contributed by atoms with E-state index in [4.69, 9.17) is 32.3 Å². The number of esters is 3. The molecule has 117 heavy (non-hydrogen) atoms. The molecule has 664 valence electrons. The highest BCUT2D eigenvalue weighted by atomic mass is 31.2. The number of carbonyl (C=O) groups excluding carboxylic acids is 3. The quantitative estimate of drug-likeness (QED) is 0.0146. The van der Waals surface area contributed by atoms with Crippen LogP contribution in [-0.4, -0.2) is 95.9 Å². The molecule has 0 amide bonds. The van der Waals surface area contributed by atoms with Crippen LogP contribution in [0, 0.1) is 0 Å². The Morgan fingerprint density at radius 3 is 0.675 bits per heavy atom. The number of hydrogen-bond donors (Lipinski definition) is 4. The summed E-state index contributed by atoms with van der Waals surface area (Å²) >= 11 is 0. The molecule has 0 aliphatic heterocycles. The molecule has 0 heterocycles. The second-order valence-corrected chi connectivity index (χ2v) is 32.5. The minimum atomic E-state index is -4.96. The Morgan fingerprint density at radius 2 is 0.427 bits per heavy atom. The second kappa shape index (κ2) is 89.4. The highest BCUT2D eigenvalue weighted by Gasteiger charge is 2.29. The molecule has 16 nitrogen and oxygen atoms in total. The van der Waals surface area contributed by atoms with Crippen molar-refractivity contribution in [2.45, 2.75) is 360 Å². The Balaban J connectivity index is 4.67. The first-order chi connectivity index (χ1) is 57.2. The molecule has 5 atom stereocenters. The molecule has 0 saturated carbocycles. The highest BCUT2D eigenvalue weighted by Crippen LogP contribution is 2.45. The largest absolute Gasteiger partial charge is 0.472 e. The van der Waals surface area contributed by atoms with Crippen molar-refractivity contribution in [3.05, 3.63) is 207 Å². The average Bonchev–Trinajstić information content (AvgIpc) is 0.901. The van der Waals surface area contributed by atoms with Crippen molar-refractivity contribution in [1.82, 2.24) is 0 Å². The molecule has 4 N–H and O–H groups in total. The molecule has 0 fully saturated rings. The first-order valence-electron chi connectivity index (χ1n) is 45.4. The van der Waals surface area contributed by atoms with Gasteiger partial charge in [0.15, 0.2) is 6.10 Å². The van der Waals surface area contributed by atoms with E-state index in [0.717, 1.165) is 193 Å². The summed E-state index contributed by atoms with van der Waals surface area (Å²) in [6, 6.07) is 0. The lowest BCUT2D eigenvalue weighted by Crippen LogP contribution is -2.30. The molecule has 0 radical (unpaired) electrons. The van der Waals surface area contributed by atoms with Gasteiger partial charge in [-0.05, 0) is 167 Å². The number of allylic oxidation sites excluding steroid dienone is 34. The summed E-state index contributed by atoms with van der Waals surface area (Å²) in [6.07, 6.45) is 120. The number of aliphatic hydroxyl groups is 2. The number of aliphatic hydroxyl groups excluding tert-OH is 2. The fraction of sp³-hybridized carbons (Fsp3) is 0.626. The van der Waals surface area contributed by atoms with Crippen LogP contribution in [0.25, 0.3) is 0 Å². The Bertz CT molecular complexity index is 2960. The van der Waals surface area contributed by atoms with E-state index in [-0.39, 0.29) is 19.3 Å². The number of phosphoric acid groups is 2. The van der Waals surface area contributed by atoms with Gasteiger partial charge in [0.1, 0.15) is 25.4 Å². The topological polar surface area (TPSA) is 231 Å². The monoisotopic (exact) mass is 1670 g/mol. The molecule has 0 aromatic carbocycles. The van der Waals surface area contributed by atoms with Gasteiger partial charge in [-0.2, -0.15) is 0 Å². The molecule has 5 unspecified atom stereocenters. The predicted molar refractivity (Wildman–Crippen MR) is 491 cm³/mol. The van der Waals surface area contributed by atoms with E-state index in [9.17, 15) is 43.5 Å². The van der Waals surface area contributed by atoms with Crippen molar-refractivity contribution in [2.24, 2.45) is 0 Å². The zero-order valence-corrected chi connectivity index (χ0v) is 74.8. The number of hydrogen-bond acceptors (Lipinski definition) is 14. The molecule has 0 aromatic heterocycles. The smallest absolute Gasteiger partial charge is 0.463 e. The molecule has 0 spiro atoms. The Morgan fingerprint density at radius 1 is 0.239 bits per heavy atom. The third-order valence-electron chi connectivity index (χ3n) is 18.5. The van der Waals surface area contributed by atoms with Gasteiger partial charge >= 0.3 is 33.6 Å². The van der Waals surface area contributed by atoms with Crippen molar-refractivity contribution >= 4 is 33.6 Å². The predicted octanol–water partition coefficient (Wildman–Crippen LogP) is 28.0. The van der Waals surface area contributed by atoms with Gasteiger partial charge in [-0.15, -0.1) is 0 Å². The average molecular weight is 1670 g/mol. The maximum Gasteiger partial charge on any atom is 0.472 e. The first-order valence-corrected chi connectivity index (χ1v) is 48.4. The Labute approximate surface area is 711 Å². The number of carbonyl (C=O) groups is 3. The van der Waals surface area contributed by atoms with Crippen molar-refractivity contribution in [3.63, 3.8) is 0 Å². The van der Waals surface area contributed by atoms with Gasteiger partial charge in [0, 0.05) is 19.3 Å². The standard InChI is InChI=1S/C99H162O16P2/c1-4-7-10-13-16-19-22-25-28-31-34-37-40-42-44-45-46-47-49-51-53-55-58-61-64-67-70-73-76-79-82-85-97(102)109-88-94(100)89-111-116(105,106)112-90-95(101)91-113-117(107,108)114-93-96(115-99(104)87-84-81-78-75-72-69-66-63-60-57-52-39-36-33-30-27-24-21-18-15-12-9-6-3)92-110-98(103)86-83-80-77-74-71-68-65-62-59-56-54-50-48-43-41-38-35-32-29-26-23-20-17-14-11-8-5-2/h7-12,16-21,25-30,34-39,42-44,46-48,57,60,66,69,94-96,100-101H,4-6,13-15,22-24,31-33,40-41,45,49-56,58-59,61-65,67-68,70-93H2,1-3H3,(H,105,106)(H,107,108)/b10-7-,11-8-,12-9-,19-16-,20-17-,21-18-,28-25-,29-26-,30-27-,37-34-,38-35-,39-36-,44-42-,47-46-,48-43-,60-57-,69-66-. The minimum Gasteiger partial charge on any atom is -0.463 e. The highest BCUT2D eigenvalue weighted by molar-refractivity contribution is 7.47.